The van der Waals surface area contributed by atoms with Gasteiger partial charge in [0.2, 0.25) is 0 Å². The third-order valence-electron chi connectivity index (χ3n) is 7.04. The molecule has 0 aliphatic carbocycles. The normalized spacial score (nSPS) is 11.9. The molecule has 0 atom stereocenters. The van der Waals surface area contributed by atoms with Crippen molar-refractivity contribution in [2.75, 3.05) is 0 Å². The van der Waals surface area contributed by atoms with Gasteiger partial charge < -0.3 is 4.57 Å². The number of para-hydroxylation sites is 1. The first-order valence-corrected chi connectivity index (χ1v) is 12.8. The first-order chi connectivity index (χ1) is 17.8. The fourth-order valence-corrected chi connectivity index (χ4v) is 6.47. The summed E-state index contributed by atoms with van der Waals surface area (Å²) in [6.45, 7) is 0. The Morgan fingerprint density at radius 1 is 0.556 bits per heavy atom. The highest BCUT2D eigenvalue weighted by atomic mass is 32.1. The predicted octanol–water partition coefficient (Wildman–Crippen LogP) is 8.76. The number of aromatic nitrogens is 3. The van der Waals surface area contributed by atoms with Gasteiger partial charge in [0.1, 0.15) is 0 Å². The number of pyridine rings is 2. The van der Waals surface area contributed by atoms with Crippen molar-refractivity contribution in [3.63, 3.8) is 0 Å². The van der Waals surface area contributed by atoms with E-state index in [2.05, 4.69) is 95.6 Å². The van der Waals surface area contributed by atoms with Crippen LogP contribution < -0.4 is 0 Å². The van der Waals surface area contributed by atoms with E-state index in [9.17, 15) is 0 Å². The Morgan fingerprint density at radius 2 is 1.39 bits per heavy atom. The Hall–Kier alpha value is -4.54. The van der Waals surface area contributed by atoms with Gasteiger partial charge in [-0.2, -0.15) is 0 Å². The highest BCUT2D eigenvalue weighted by Gasteiger charge is 2.18. The van der Waals surface area contributed by atoms with Crippen LogP contribution in [0.2, 0.25) is 0 Å². The fourth-order valence-electron chi connectivity index (χ4n) is 5.34. The maximum atomic E-state index is 5.03. The van der Waals surface area contributed by atoms with Crippen LogP contribution in [0.5, 0.6) is 0 Å². The Bertz CT molecular complexity index is 2100. The number of nitrogens with zero attached hydrogens (tertiary/aromatic N) is 3. The largest absolute Gasteiger partial charge is 0.306 e. The lowest BCUT2D eigenvalue weighted by atomic mass is 10.1. The van der Waals surface area contributed by atoms with Crippen molar-refractivity contribution in [2.45, 2.75) is 0 Å². The Labute approximate surface area is 210 Å². The summed E-state index contributed by atoms with van der Waals surface area (Å²) in [5.74, 6) is 0. The number of benzene rings is 4. The van der Waals surface area contributed by atoms with Crippen LogP contribution in [0, 0.1) is 0 Å². The molecule has 4 heteroatoms. The van der Waals surface area contributed by atoms with Crippen LogP contribution in [0.15, 0.2) is 116 Å². The van der Waals surface area contributed by atoms with Crippen LogP contribution in [-0.4, -0.2) is 14.5 Å². The summed E-state index contributed by atoms with van der Waals surface area (Å²) >= 11 is 1.84. The first-order valence-electron chi connectivity index (χ1n) is 12.0. The van der Waals surface area contributed by atoms with Crippen LogP contribution in [-0.2, 0) is 0 Å². The maximum absolute atomic E-state index is 5.03. The average molecular weight is 478 g/mol. The molecule has 3 nitrogen and oxygen atoms in total. The summed E-state index contributed by atoms with van der Waals surface area (Å²) in [6.07, 6.45) is 3.97. The molecule has 0 saturated carbocycles. The number of hydrogen-bond acceptors (Lipinski definition) is 3. The molecule has 0 bridgehead atoms. The van der Waals surface area contributed by atoms with E-state index in [0.717, 1.165) is 49.7 Å². The van der Waals surface area contributed by atoms with E-state index >= 15 is 0 Å². The zero-order valence-corrected chi connectivity index (χ0v) is 20.0. The lowest BCUT2D eigenvalue weighted by Gasteiger charge is -2.09. The predicted molar refractivity (Wildman–Crippen MR) is 152 cm³/mol. The quantitative estimate of drug-likeness (QED) is 0.249. The highest BCUT2D eigenvalue weighted by Crippen LogP contribution is 2.40. The molecule has 0 aliphatic rings. The number of fused-ring (bicyclic) bond motifs is 7. The molecule has 4 aromatic carbocycles. The van der Waals surface area contributed by atoms with Crippen LogP contribution in [0.3, 0.4) is 0 Å². The summed E-state index contributed by atoms with van der Waals surface area (Å²) in [7, 11) is 0. The fraction of sp³-hybridized carbons (Fsp3) is 0. The van der Waals surface area contributed by atoms with E-state index in [1.54, 1.807) is 0 Å². The minimum absolute atomic E-state index is 0.997. The molecule has 36 heavy (non-hydrogen) atoms. The molecular weight excluding hydrogens is 458 g/mol. The van der Waals surface area contributed by atoms with Gasteiger partial charge in [0.25, 0.3) is 0 Å². The third kappa shape index (κ3) is 2.85. The monoisotopic (exact) mass is 477 g/mol. The van der Waals surface area contributed by atoms with E-state index in [1.165, 1.54) is 20.2 Å². The lowest BCUT2D eigenvalue weighted by molar-refractivity contribution is 1.16. The van der Waals surface area contributed by atoms with E-state index in [4.69, 9.17) is 9.97 Å². The first kappa shape index (κ1) is 19.7. The van der Waals surface area contributed by atoms with Gasteiger partial charge in [-0.1, -0.05) is 66.7 Å². The maximum Gasteiger partial charge on any atom is 0.0964 e. The summed E-state index contributed by atoms with van der Waals surface area (Å²) in [4.78, 5) is 9.82. The van der Waals surface area contributed by atoms with Gasteiger partial charge in [-0.25, -0.2) is 0 Å². The molecule has 0 spiro atoms. The molecule has 0 radical (unpaired) electrons. The topological polar surface area (TPSA) is 30.7 Å². The molecule has 168 valence electrons. The molecular formula is C32H19N3S. The molecule has 0 fully saturated rings. The molecule has 0 N–H and O–H groups in total. The summed E-state index contributed by atoms with van der Waals surface area (Å²) in [6, 6.07) is 36.5. The van der Waals surface area contributed by atoms with Crippen molar-refractivity contribution in [1.82, 2.24) is 14.5 Å². The van der Waals surface area contributed by atoms with Gasteiger partial charge in [-0.05, 0) is 42.0 Å². The van der Waals surface area contributed by atoms with Crippen molar-refractivity contribution >= 4 is 64.3 Å². The molecule has 0 unspecified atom stereocenters. The minimum Gasteiger partial charge on any atom is -0.306 e. The highest BCUT2D eigenvalue weighted by molar-refractivity contribution is 7.25. The SMILES string of the molecule is c1ccc(-c2cnc3c4cc5c(cc4n(-c4cnc6ccccc6c4)c3c2)sc2ccccc25)cc1. The Kier molecular flexibility index (Phi) is 4.10. The molecule has 4 aromatic heterocycles. The van der Waals surface area contributed by atoms with Crippen molar-refractivity contribution in [2.24, 2.45) is 0 Å². The molecule has 0 saturated heterocycles. The van der Waals surface area contributed by atoms with Gasteiger partial charge in [-0.15, -0.1) is 11.3 Å². The summed E-state index contributed by atoms with van der Waals surface area (Å²) in [5.41, 5.74) is 7.55. The molecule has 8 rings (SSSR count). The van der Waals surface area contributed by atoms with Gasteiger partial charge in [0.15, 0.2) is 0 Å². The molecule has 8 aromatic rings. The zero-order valence-electron chi connectivity index (χ0n) is 19.2. The van der Waals surface area contributed by atoms with E-state index in [-0.39, 0.29) is 0 Å². The van der Waals surface area contributed by atoms with E-state index in [1.807, 2.05) is 35.9 Å². The summed E-state index contributed by atoms with van der Waals surface area (Å²) < 4.78 is 4.92. The van der Waals surface area contributed by atoms with Crippen LogP contribution in [0.4, 0.5) is 0 Å². The Balaban J connectivity index is 1.51. The second-order valence-corrected chi connectivity index (χ2v) is 10.2. The summed E-state index contributed by atoms with van der Waals surface area (Å²) in [5, 5.41) is 4.87. The smallest absolute Gasteiger partial charge is 0.0964 e. The molecule has 0 aliphatic heterocycles. The molecule has 0 amide bonds. The van der Waals surface area contributed by atoms with Gasteiger partial charge >= 0.3 is 0 Å². The van der Waals surface area contributed by atoms with Crippen molar-refractivity contribution in [1.29, 1.82) is 0 Å². The number of thiophene rings is 1. The van der Waals surface area contributed by atoms with Crippen LogP contribution in [0.25, 0.3) is 69.8 Å². The number of rotatable bonds is 2. The molecule has 4 heterocycles. The third-order valence-corrected chi connectivity index (χ3v) is 8.17. The second-order valence-electron chi connectivity index (χ2n) is 9.14. The van der Waals surface area contributed by atoms with Crippen LogP contribution >= 0.6 is 11.3 Å². The Morgan fingerprint density at radius 3 is 2.33 bits per heavy atom. The van der Waals surface area contributed by atoms with Crippen molar-refractivity contribution in [3.05, 3.63) is 116 Å². The zero-order chi connectivity index (χ0) is 23.6. The standard InChI is InChI=1S/C32H19N3S/c1-2-8-20(9-3-1)22-15-29-32(34-18-22)26-16-25-24-11-5-7-13-30(24)36-31(25)17-28(26)35(29)23-14-21-10-4-6-12-27(21)33-19-23/h1-19H. The van der Waals surface area contributed by atoms with Gasteiger partial charge in [0, 0.05) is 42.7 Å². The van der Waals surface area contributed by atoms with Gasteiger partial charge in [-0.3, -0.25) is 9.97 Å². The van der Waals surface area contributed by atoms with Gasteiger partial charge in [0.05, 0.1) is 34.0 Å². The minimum atomic E-state index is 0.997. The van der Waals surface area contributed by atoms with Crippen LogP contribution in [0.1, 0.15) is 0 Å². The van der Waals surface area contributed by atoms with E-state index < -0.39 is 0 Å². The second kappa shape index (κ2) is 7.48. The lowest BCUT2D eigenvalue weighted by Crippen LogP contribution is -1.96. The number of hydrogen-bond donors (Lipinski definition) is 0. The van der Waals surface area contributed by atoms with Crippen molar-refractivity contribution in [3.8, 4) is 16.8 Å². The van der Waals surface area contributed by atoms with E-state index in [0.29, 0.717) is 0 Å². The van der Waals surface area contributed by atoms with Crippen molar-refractivity contribution < 1.29 is 0 Å². The average Bonchev–Trinajstić information content (AvgIpc) is 3.46.